The number of hydrogen-bond donors (Lipinski definition) is 2. The number of carbonyl (C=O) groups is 2. The molecule has 170 valence electrons. The first-order chi connectivity index (χ1) is 16.5. The van der Waals surface area contributed by atoms with Crippen LogP contribution in [0.4, 0.5) is 5.82 Å². The number of anilines is 1. The van der Waals surface area contributed by atoms with Crippen LogP contribution in [0.2, 0.25) is 0 Å². The number of amides is 2. The molecule has 0 bridgehead atoms. The van der Waals surface area contributed by atoms with Crippen LogP contribution in [0.15, 0.2) is 64.2 Å². The normalized spacial score (nSPS) is 14.1. The van der Waals surface area contributed by atoms with Crippen LogP contribution in [0.5, 0.6) is 0 Å². The van der Waals surface area contributed by atoms with E-state index in [4.69, 9.17) is 4.42 Å². The smallest absolute Gasteiger partial charge is 0.292 e. The lowest BCUT2D eigenvalue weighted by Gasteiger charge is -2.13. The molecule has 3 aromatic heterocycles. The topological polar surface area (TPSA) is 109 Å². The number of furan rings is 1. The van der Waals surface area contributed by atoms with E-state index >= 15 is 0 Å². The van der Waals surface area contributed by atoms with Gasteiger partial charge in [-0.1, -0.05) is 30.3 Å². The molecule has 0 fully saturated rings. The Morgan fingerprint density at radius 2 is 1.85 bits per heavy atom. The molecule has 34 heavy (non-hydrogen) atoms. The third-order valence-corrected chi connectivity index (χ3v) is 5.90. The number of aryl methyl sites for hydroxylation is 2. The summed E-state index contributed by atoms with van der Waals surface area (Å²) in [6.07, 6.45) is 3.80. The van der Waals surface area contributed by atoms with Crippen LogP contribution in [0.1, 0.15) is 56.3 Å². The van der Waals surface area contributed by atoms with Gasteiger partial charge in [0, 0.05) is 29.1 Å². The fourth-order valence-electron chi connectivity index (χ4n) is 4.15. The maximum atomic E-state index is 12.9. The number of aromatic nitrogens is 2. The highest BCUT2D eigenvalue weighted by molar-refractivity contribution is 6.09. The molecule has 0 radical (unpaired) electrons. The Labute approximate surface area is 196 Å². The summed E-state index contributed by atoms with van der Waals surface area (Å²) in [6, 6.07) is 14.8. The summed E-state index contributed by atoms with van der Waals surface area (Å²) in [4.78, 5) is 34.2. The zero-order valence-electron chi connectivity index (χ0n) is 18.9. The molecular formula is C26H23N5O3. The Hall–Kier alpha value is -4.33. The predicted molar refractivity (Wildman–Crippen MR) is 129 cm³/mol. The third kappa shape index (κ3) is 4.05. The summed E-state index contributed by atoms with van der Waals surface area (Å²) in [7, 11) is 0. The van der Waals surface area contributed by atoms with E-state index in [1.807, 2.05) is 56.3 Å². The minimum atomic E-state index is -0.393. The summed E-state index contributed by atoms with van der Waals surface area (Å²) in [5.41, 5.74) is 6.66. The highest BCUT2D eigenvalue weighted by Gasteiger charge is 2.28. The lowest BCUT2D eigenvalue weighted by atomic mass is 9.93. The molecule has 0 saturated carbocycles. The molecular weight excluding hydrogens is 430 g/mol. The Bertz CT molecular complexity index is 1450. The predicted octanol–water partition coefficient (Wildman–Crippen LogP) is 4.56. The molecule has 5 rings (SSSR count). The number of para-hydroxylation sites is 1. The van der Waals surface area contributed by atoms with Crippen molar-refractivity contribution in [2.75, 3.05) is 5.32 Å². The van der Waals surface area contributed by atoms with Gasteiger partial charge in [-0.3, -0.25) is 9.59 Å². The summed E-state index contributed by atoms with van der Waals surface area (Å²) < 4.78 is 5.93. The highest BCUT2D eigenvalue weighted by Crippen LogP contribution is 2.30. The number of hydrazone groups is 1. The number of fused-ring (bicyclic) bond motifs is 2. The fraction of sp³-hybridized carbons (Fsp3) is 0.192. The first kappa shape index (κ1) is 21.5. The van der Waals surface area contributed by atoms with E-state index in [1.54, 1.807) is 12.3 Å². The lowest BCUT2D eigenvalue weighted by Crippen LogP contribution is -2.23. The Kier molecular flexibility index (Phi) is 5.63. The molecule has 0 unspecified atom stereocenters. The summed E-state index contributed by atoms with van der Waals surface area (Å²) in [5, 5.41) is 8.16. The van der Waals surface area contributed by atoms with Crippen LogP contribution in [0.3, 0.4) is 0 Å². The van der Waals surface area contributed by atoms with Crippen molar-refractivity contribution in [1.29, 1.82) is 0 Å². The Balaban J connectivity index is 1.38. The SMILES string of the molecule is Cc1cccnc1NC(=O)c1oc2c(c1C)/C(=N/NC(=O)c1ccc3ccccc3n1)CCC2. The standard InChI is InChI=1S/C26H23N5O3/c1-15-7-6-14-27-24(15)29-26(33)23-16(2)22-19(10-5-11-21(22)34-23)30-31-25(32)20-13-12-17-8-3-4-9-18(17)28-20/h3-4,6-9,12-14H,5,10-11H2,1-2H3,(H,31,32)(H,27,29,33)/b30-19+. The average molecular weight is 454 g/mol. The van der Waals surface area contributed by atoms with E-state index in [9.17, 15) is 9.59 Å². The minimum Gasteiger partial charge on any atom is -0.455 e. The van der Waals surface area contributed by atoms with Gasteiger partial charge in [0.1, 0.15) is 17.3 Å². The van der Waals surface area contributed by atoms with Crippen LogP contribution in [0.25, 0.3) is 10.9 Å². The van der Waals surface area contributed by atoms with Gasteiger partial charge < -0.3 is 9.73 Å². The van der Waals surface area contributed by atoms with Crippen molar-refractivity contribution in [1.82, 2.24) is 15.4 Å². The molecule has 0 saturated heterocycles. The van der Waals surface area contributed by atoms with E-state index < -0.39 is 5.91 Å². The lowest BCUT2D eigenvalue weighted by molar-refractivity contribution is 0.0949. The molecule has 1 aliphatic rings. The van der Waals surface area contributed by atoms with Crippen molar-refractivity contribution in [3.63, 3.8) is 0 Å². The van der Waals surface area contributed by atoms with Gasteiger partial charge in [-0.15, -0.1) is 0 Å². The van der Waals surface area contributed by atoms with Crippen molar-refractivity contribution >= 4 is 34.2 Å². The summed E-state index contributed by atoms with van der Waals surface area (Å²) >= 11 is 0. The highest BCUT2D eigenvalue weighted by atomic mass is 16.4. The van der Waals surface area contributed by atoms with Gasteiger partial charge in [-0.25, -0.2) is 15.4 Å². The molecule has 2 N–H and O–H groups in total. The quantitative estimate of drug-likeness (QED) is 0.440. The average Bonchev–Trinajstić information content (AvgIpc) is 3.20. The number of carbonyl (C=O) groups excluding carboxylic acids is 2. The van der Waals surface area contributed by atoms with E-state index in [1.165, 1.54) is 0 Å². The maximum absolute atomic E-state index is 12.9. The molecule has 0 spiro atoms. The van der Waals surface area contributed by atoms with Gasteiger partial charge in [0.25, 0.3) is 11.8 Å². The third-order valence-electron chi connectivity index (χ3n) is 5.90. The van der Waals surface area contributed by atoms with Gasteiger partial charge in [-0.05, 0) is 50.5 Å². The molecule has 1 aromatic carbocycles. The van der Waals surface area contributed by atoms with Crippen LogP contribution >= 0.6 is 0 Å². The monoisotopic (exact) mass is 453 g/mol. The molecule has 2 amide bonds. The number of benzene rings is 1. The fourth-order valence-corrected chi connectivity index (χ4v) is 4.15. The van der Waals surface area contributed by atoms with Crippen molar-refractivity contribution in [2.45, 2.75) is 33.1 Å². The zero-order valence-corrected chi connectivity index (χ0v) is 18.9. The largest absolute Gasteiger partial charge is 0.455 e. The van der Waals surface area contributed by atoms with Gasteiger partial charge in [-0.2, -0.15) is 5.10 Å². The summed E-state index contributed by atoms with van der Waals surface area (Å²) in [5.74, 6) is 0.661. The van der Waals surface area contributed by atoms with Crippen LogP contribution in [0, 0.1) is 13.8 Å². The van der Waals surface area contributed by atoms with Gasteiger partial charge in [0.15, 0.2) is 5.76 Å². The van der Waals surface area contributed by atoms with Crippen molar-refractivity contribution in [3.8, 4) is 0 Å². The van der Waals surface area contributed by atoms with Gasteiger partial charge in [0.05, 0.1) is 11.2 Å². The van der Waals surface area contributed by atoms with Crippen molar-refractivity contribution in [3.05, 3.63) is 88.6 Å². The molecule has 1 aliphatic carbocycles. The molecule has 0 aliphatic heterocycles. The van der Waals surface area contributed by atoms with E-state index in [2.05, 4.69) is 25.8 Å². The van der Waals surface area contributed by atoms with Crippen LogP contribution < -0.4 is 10.7 Å². The zero-order chi connectivity index (χ0) is 23.7. The second kappa shape index (κ2) is 8.90. The molecule has 4 aromatic rings. The first-order valence-electron chi connectivity index (χ1n) is 11.1. The van der Waals surface area contributed by atoms with Crippen molar-refractivity contribution < 1.29 is 14.0 Å². The van der Waals surface area contributed by atoms with E-state index in [0.29, 0.717) is 35.7 Å². The van der Waals surface area contributed by atoms with E-state index in [0.717, 1.165) is 28.5 Å². The number of nitrogens with zero attached hydrogens (tertiary/aromatic N) is 3. The molecule has 8 nitrogen and oxygen atoms in total. The minimum absolute atomic E-state index is 0.229. The molecule has 8 heteroatoms. The van der Waals surface area contributed by atoms with Gasteiger partial charge in [0.2, 0.25) is 0 Å². The number of rotatable bonds is 4. The van der Waals surface area contributed by atoms with Crippen LogP contribution in [-0.4, -0.2) is 27.5 Å². The van der Waals surface area contributed by atoms with Gasteiger partial charge >= 0.3 is 0 Å². The Morgan fingerprint density at radius 1 is 1.00 bits per heavy atom. The maximum Gasteiger partial charge on any atom is 0.292 e. The Morgan fingerprint density at radius 3 is 2.71 bits per heavy atom. The van der Waals surface area contributed by atoms with Crippen molar-refractivity contribution in [2.24, 2.45) is 5.10 Å². The second-order valence-electron chi connectivity index (χ2n) is 8.22. The molecule has 0 atom stereocenters. The molecule has 3 heterocycles. The van der Waals surface area contributed by atoms with E-state index in [-0.39, 0.29) is 17.4 Å². The number of pyridine rings is 2. The number of hydrogen-bond acceptors (Lipinski definition) is 6. The summed E-state index contributed by atoms with van der Waals surface area (Å²) in [6.45, 7) is 3.70. The second-order valence-corrected chi connectivity index (χ2v) is 8.22. The number of nitrogens with one attached hydrogen (secondary N) is 2. The van der Waals surface area contributed by atoms with Crippen LogP contribution in [-0.2, 0) is 6.42 Å². The first-order valence-corrected chi connectivity index (χ1v) is 11.1.